The molecule has 0 radical (unpaired) electrons. The molecule has 0 bridgehead atoms. The summed E-state index contributed by atoms with van der Waals surface area (Å²) in [5, 5.41) is 9.14. The number of likely N-dealkylation sites (tertiary alicyclic amines) is 1. The second-order valence-electron chi connectivity index (χ2n) is 4.86. The first-order chi connectivity index (χ1) is 8.65. The molecule has 1 atom stereocenters. The third-order valence-electron chi connectivity index (χ3n) is 3.54. The van der Waals surface area contributed by atoms with Crippen LogP contribution < -0.4 is 0 Å². The number of fused-ring (bicyclic) bond motifs is 1. The van der Waals surface area contributed by atoms with Gasteiger partial charge in [-0.15, -0.1) is 0 Å². The van der Waals surface area contributed by atoms with E-state index in [-0.39, 0.29) is 5.69 Å². The van der Waals surface area contributed by atoms with Crippen LogP contribution in [0, 0.1) is 0 Å². The van der Waals surface area contributed by atoms with Gasteiger partial charge in [0, 0.05) is 18.7 Å². The number of carboxylic acids is 1. The molecule has 1 saturated heterocycles. The minimum Gasteiger partial charge on any atom is -0.477 e. The van der Waals surface area contributed by atoms with E-state index in [4.69, 9.17) is 5.11 Å². The first kappa shape index (κ1) is 11.2. The molecule has 5 nitrogen and oxygen atoms in total. The maximum Gasteiger partial charge on any atom is 0.352 e. The standard InChI is InChI=1S/C13H15N3O2/c1-15-6-5-9(7-15)10-8-16-11(13(17)18)3-2-4-12(16)14-10/h2-4,8-9H,5-7H2,1H3,(H,17,18). The molecule has 1 aliphatic heterocycles. The highest BCUT2D eigenvalue weighted by Gasteiger charge is 2.24. The third kappa shape index (κ3) is 1.76. The first-order valence-electron chi connectivity index (χ1n) is 6.05. The summed E-state index contributed by atoms with van der Waals surface area (Å²) < 4.78 is 1.66. The van der Waals surface area contributed by atoms with Gasteiger partial charge in [0.05, 0.1) is 5.69 Å². The number of hydrogen-bond donors (Lipinski definition) is 1. The van der Waals surface area contributed by atoms with Gasteiger partial charge in [-0.1, -0.05) is 6.07 Å². The second kappa shape index (κ2) is 4.10. The largest absolute Gasteiger partial charge is 0.477 e. The molecule has 94 valence electrons. The summed E-state index contributed by atoms with van der Waals surface area (Å²) in [4.78, 5) is 18.0. The minimum absolute atomic E-state index is 0.262. The maximum absolute atomic E-state index is 11.1. The third-order valence-corrected chi connectivity index (χ3v) is 3.54. The fourth-order valence-electron chi connectivity index (χ4n) is 2.58. The van der Waals surface area contributed by atoms with Gasteiger partial charge in [0.1, 0.15) is 11.3 Å². The van der Waals surface area contributed by atoms with Gasteiger partial charge in [-0.25, -0.2) is 9.78 Å². The highest BCUT2D eigenvalue weighted by Crippen LogP contribution is 2.26. The number of carboxylic acid groups (broad SMARTS) is 1. The van der Waals surface area contributed by atoms with Crippen molar-refractivity contribution < 1.29 is 9.90 Å². The Labute approximate surface area is 105 Å². The molecule has 1 unspecified atom stereocenters. The molecule has 5 heteroatoms. The number of aromatic carboxylic acids is 1. The van der Waals surface area contributed by atoms with Crippen molar-refractivity contribution in [2.75, 3.05) is 20.1 Å². The lowest BCUT2D eigenvalue weighted by atomic mass is 10.1. The monoisotopic (exact) mass is 245 g/mol. The van der Waals surface area contributed by atoms with Gasteiger partial charge < -0.3 is 10.0 Å². The Morgan fingerprint density at radius 2 is 2.33 bits per heavy atom. The van der Waals surface area contributed by atoms with E-state index in [9.17, 15) is 4.79 Å². The number of hydrogen-bond acceptors (Lipinski definition) is 3. The molecular weight excluding hydrogens is 230 g/mol. The lowest BCUT2D eigenvalue weighted by Gasteiger charge is -2.06. The number of pyridine rings is 1. The predicted octanol–water partition coefficient (Wildman–Crippen LogP) is 1.45. The van der Waals surface area contributed by atoms with Crippen LogP contribution in [-0.4, -0.2) is 45.5 Å². The zero-order chi connectivity index (χ0) is 12.7. The summed E-state index contributed by atoms with van der Waals surface area (Å²) in [5.41, 5.74) is 1.96. The summed E-state index contributed by atoms with van der Waals surface area (Å²) in [6, 6.07) is 5.17. The number of rotatable bonds is 2. The number of aromatic nitrogens is 2. The Morgan fingerprint density at radius 3 is 3.00 bits per heavy atom. The Hall–Kier alpha value is -1.88. The summed E-state index contributed by atoms with van der Waals surface area (Å²) in [5.74, 6) is -0.510. The fourth-order valence-corrected chi connectivity index (χ4v) is 2.58. The number of imidazole rings is 1. The normalized spacial score (nSPS) is 20.6. The molecule has 1 aliphatic rings. The summed E-state index contributed by atoms with van der Waals surface area (Å²) in [6.07, 6.45) is 2.95. The lowest BCUT2D eigenvalue weighted by Crippen LogP contribution is -2.13. The van der Waals surface area contributed by atoms with Gasteiger partial charge in [-0.05, 0) is 32.1 Å². The van der Waals surface area contributed by atoms with Crippen molar-refractivity contribution in [2.24, 2.45) is 0 Å². The Kier molecular flexibility index (Phi) is 2.56. The molecule has 3 heterocycles. The van der Waals surface area contributed by atoms with E-state index in [0.717, 1.165) is 25.2 Å². The van der Waals surface area contributed by atoms with Crippen molar-refractivity contribution >= 4 is 11.6 Å². The van der Waals surface area contributed by atoms with E-state index in [1.165, 1.54) is 0 Å². The van der Waals surface area contributed by atoms with Crippen molar-refractivity contribution in [3.05, 3.63) is 35.8 Å². The van der Waals surface area contributed by atoms with Crippen LogP contribution in [-0.2, 0) is 0 Å². The highest BCUT2D eigenvalue weighted by molar-refractivity contribution is 5.86. The van der Waals surface area contributed by atoms with Crippen molar-refractivity contribution in [1.82, 2.24) is 14.3 Å². The van der Waals surface area contributed by atoms with Crippen LogP contribution in [0.1, 0.15) is 28.5 Å². The van der Waals surface area contributed by atoms with Crippen molar-refractivity contribution in [3.8, 4) is 0 Å². The summed E-state index contributed by atoms with van der Waals surface area (Å²) in [7, 11) is 2.10. The number of likely N-dealkylation sites (N-methyl/N-ethyl adjacent to an activating group) is 1. The van der Waals surface area contributed by atoms with Gasteiger partial charge in [0.15, 0.2) is 0 Å². The van der Waals surface area contributed by atoms with Crippen LogP contribution in [0.3, 0.4) is 0 Å². The summed E-state index contributed by atoms with van der Waals surface area (Å²) >= 11 is 0. The number of carbonyl (C=O) groups is 1. The molecule has 0 spiro atoms. The highest BCUT2D eigenvalue weighted by atomic mass is 16.4. The van der Waals surface area contributed by atoms with Crippen molar-refractivity contribution in [2.45, 2.75) is 12.3 Å². The Morgan fingerprint density at radius 1 is 1.50 bits per heavy atom. The molecule has 2 aromatic rings. The summed E-state index contributed by atoms with van der Waals surface area (Å²) in [6.45, 7) is 2.07. The molecule has 1 fully saturated rings. The zero-order valence-electron chi connectivity index (χ0n) is 10.2. The SMILES string of the molecule is CN1CCC(c2cn3c(C(=O)O)cccc3n2)C1. The van der Waals surface area contributed by atoms with Crippen LogP contribution in [0.15, 0.2) is 24.4 Å². The van der Waals surface area contributed by atoms with Gasteiger partial charge in [0.25, 0.3) is 0 Å². The lowest BCUT2D eigenvalue weighted by molar-refractivity contribution is 0.0689. The van der Waals surface area contributed by atoms with E-state index in [1.807, 2.05) is 12.3 Å². The molecule has 0 aliphatic carbocycles. The van der Waals surface area contributed by atoms with Gasteiger partial charge in [0.2, 0.25) is 0 Å². The first-order valence-corrected chi connectivity index (χ1v) is 6.05. The Bertz CT molecular complexity index is 605. The van der Waals surface area contributed by atoms with Gasteiger partial charge in [-0.3, -0.25) is 4.40 Å². The molecular formula is C13H15N3O2. The van der Waals surface area contributed by atoms with Crippen LogP contribution in [0.5, 0.6) is 0 Å². The van der Waals surface area contributed by atoms with Crippen molar-refractivity contribution in [3.63, 3.8) is 0 Å². The topological polar surface area (TPSA) is 57.8 Å². The van der Waals surface area contributed by atoms with E-state index in [2.05, 4.69) is 16.9 Å². The smallest absolute Gasteiger partial charge is 0.352 e. The van der Waals surface area contributed by atoms with Crippen LogP contribution in [0.2, 0.25) is 0 Å². The van der Waals surface area contributed by atoms with Gasteiger partial charge >= 0.3 is 5.97 Å². The van der Waals surface area contributed by atoms with Crippen LogP contribution in [0.25, 0.3) is 5.65 Å². The molecule has 0 saturated carbocycles. The molecule has 1 N–H and O–H groups in total. The molecule has 3 rings (SSSR count). The number of nitrogens with zero attached hydrogens (tertiary/aromatic N) is 3. The molecule has 18 heavy (non-hydrogen) atoms. The Balaban J connectivity index is 2.05. The quantitative estimate of drug-likeness (QED) is 0.870. The average molecular weight is 245 g/mol. The molecule has 0 aromatic carbocycles. The predicted molar refractivity (Wildman–Crippen MR) is 67.0 cm³/mol. The molecule has 0 amide bonds. The fraction of sp³-hybridized carbons (Fsp3) is 0.385. The van der Waals surface area contributed by atoms with E-state index in [1.54, 1.807) is 16.5 Å². The van der Waals surface area contributed by atoms with E-state index < -0.39 is 5.97 Å². The van der Waals surface area contributed by atoms with Gasteiger partial charge in [-0.2, -0.15) is 0 Å². The average Bonchev–Trinajstić information content (AvgIpc) is 2.93. The van der Waals surface area contributed by atoms with Crippen molar-refractivity contribution in [1.29, 1.82) is 0 Å². The molecule has 2 aromatic heterocycles. The zero-order valence-corrected chi connectivity index (χ0v) is 10.2. The van der Waals surface area contributed by atoms with Crippen LogP contribution >= 0.6 is 0 Å². The second-order valence-corrected chi connectivity index (χ2v) is 4.86. The minimum atomic E-state index is -0.923. The van der Waals surface area contributed by atoms with E-state index >= 15 is 0 Å². The maximum atomic E-state index is 11.1. The van der Waals surface area contributed by atoms with E-state index in [0.29, 0.717) is 11.6 Å². The van der Waals surface area contributed by atoms with Crippen LogP contribution in [0.4, 0.5) is 0 Å².